The minimum atomic E-state index is -3.19. The fraction of sp³-hybridized carbons (Fsp3) is 0.375. The highest BCUT2D eigenvalue weighted by atomic mass is 32.2. The summed E-state index contributed by atoms with van der Waals surface area (Å²) in [5.74, 6) is -3.92. The molecule has 1 atom stereocenters. The van der Waals surface area contributed by atoms with E-state index in [2.05, 4.69) is 5.32 Å². The van der Waals surface area contributed by atoms with Gasteiger partial charge in [0.15, 0.2) is 16.4 Å². The average molecular weight is 425 g/mol. The van der Waals surface area contributed by atoms with Gasteiger partial charge in [-0.1, -0.05) is 6.07 Å². The number of nitrogens with zero attached hydrogens (tertiary/aromatic N) is 2. The number of rotatable bonds is 6. The third-order valence-corrected chi connectivity index (χ3v) is 6.19. The van der Waals surface area contributed by atoms with Crippen LogP contribution in [0.15, 0.2) is 18.2 Å². The second-order valence-corrected chi connectivity index (χ2v) is 8.71. The number of carbonyl (C=O) groups is 4. The molecule has 12 nitrogen and oxygen atoms in total. The van der Waals surface area contributed by atoms with E-state index in [0.717, 1.165) is 6.07 Å². The maximum Gasteiger partial charge on any atom is 0.326 e. The molecule has 1 saturated heterocycles. The largest absolute Gasteiger partial charge is 0.454 e. The molecule has 1 aromatic carbocycles. The quantitative estimate of drug-likeness (QED) is 0.261. The molecule has 154 valence electrons. The molecule has 3 rings (SSSR count). The summed E-state index contributed by atoms with van der Waals surface area (Å²) in [6, 6.07) is 2.98. The van der Waals surface area contributed by atoms with Crippen molar-refractivity contribution in [3.8, 4) is 0 Å². The van der Waals surface area contributed by atoms with Gasteiger partial charge in [-0.05, 0) is 12.5 Å². The molecule has 0 bridgehead atoms. The van der Waals surface area contributed by atoms with Crippen LogP contribution >= 0.6 is 0 Å². The van der Waals surface area contributed by atoms with Gasteiger partial charge >= 0.3 is 5.97 Å². The number of nitro benzene ring substituents is 1. The molecule has 3 amide bonds. The highest BCUT2D eigenvalue weighted by Crippen LogP contribution is 2.30. The highest BCUT2D eigenvalue weighted by molar-refractivity contribution is 7.91. The Labute approximate surface area is 163 Å². The summed E-state index contributed by atoms with van der Waals surface area (Å²) >= 11 is 0. The van der Waals surface area contributed by atoms with Crippen molar-refractivity contribution in [1.29, 1.82) is 0 Å². The third-order valence-electron chi connectivity index (χ3n) is 4.42. The van der Waals surface area contributed by atoms with Crippen molar-refractivity contribution in [3.05, 3.63) is 39.4 Å². The van der Waals surface area contributed by atoms with Crippen molar-refractivity contribution in [2.45, 2.75) is 12.5 Å². The Balaban J connectivity index is 1.57. The summed E-state index contributed by atoms with van der Waals surface area (Å²) < 4.78 is 27.4. The van der Waals surface area contributed by atoms with E-state index in [1.807, 2.05) is 0 Å². The molecule has 2 aliphatic rings. The van der Waals surface area contributed by atoms with Crippen molar-refractivity contribution >= 4 is 39.2 Å². The van der Waals surface area contributed by atoms with Crippen LogP contribution in [0.5, 0.6) is 0 Å². The Morgan fingerprint density at radius 3 is 2.62 bits per heavy atom. The van der Waals surface area contributed by atoms with E-state index in [9.17, 15) is 37.7 Å². The van der Waals surface area contributed by atoms with Gasteiger partial charge in [-0.2, -0.15) is 0 Å². The van der Waals surface area contributed by atoms with Crippen molar-refractivity contribution in [2.24, 2.45) is 0 Å². The zero-order valence-electron chi connectivity index (χ0n) is 14.8. The molecule has 0 aromatic heterocycles. The minimum Gasteiger partial charge on any atom is -0.454 e. The van der Waals surface area contributed by atoms with Gasteiger partial charge in [-0.3, -0.25) is 34.2 Å². The van der Waals surface area contributed by atoms with E-state index >= 15 is 0 Å². The number of sulfone groups is 1. The van der Waals surface area contributed by atoms with E-state index < -0.39 is 68.9 Å². The van der Waals surface area contributed by atoms with Crippen LogP contribution in [0.3, 0.4) is 0 Å². The average Bonchev–Trinajstić information content (AvgIpc) is 3.11. The normalized spacial score (nSPS) is 19.7. The van der Waals surface area contributed by atoms with Gasteiger partial charge in [0.1, 0.15) is 12.1 Å². The Kier molecular flexibility index (Phi) is 5.33. The molecule has 0 saturated carbocycles. The van der Waals surface area contributed by atoms with E-state index in [4.69, 9.17) is 4.74 Å². The van der Waals surface area contributed by atoms with E-state index in [-0.39, 0.29) is 23.5 Å². The van der Waals surface area contributed by atoms with Gasteiger partial charge in [-0.15, -0.1) is 0 Å². The van der Waals surface area contributed by atoms with E-state index in [0.29, 0.717) is 4.90 Å². The van der Waals surface area contributed by atoms with Crippen molar-refractivity contribution in [1.82, 2.24) is 10.2 Å². The summed E-state index contributed by atoms with van der Waals surface area (Å²) in [5.41, 5.74) is -1.16. The molecule has 2 aliphatic heterocycles. The highest BCUT2D eigenvalue weighted by Gasteiger charge is 2.42. The smallest absolute Gasteiger partial charge is 0.326 e. The van der Waals surface area contributed by atoms with Crippen molar-refractivity contribution in [2.75, 3.05) is 24.7 Å². The van der Waals surface area contributed by atoms with Crippen molar-refractivity contribution in [3.63, 3.8) is 0 Å². The second-order valence-electron chi connectivity index (χ2n) is 6.48. The lowest BCUT2D eigenvalue weighted by Crippen LogP contribution is -2.40. The standard InChI is InChI=1S/C16H15N3O9S/c20-12(17-9-4-5-29(26,27)8-9)7-28-13(21)6-18-15(22)10-2-1-3-11(19(24)25)14(10)16(18)23/h1-3,9H,4-8H2,(H,17,20)/t9-/m0/s1. The first-order valence-corrected chi connectivity index (χ1v) is 10.2. The van der Waals surface area contributed by atoms with Crippen LogP contribution < -0.4 is 5.32 Å². The van der Waals surface area contributed by atoms with E-state index in [1.165, 1.54) is 12.1 Å². The van der Waals surface area contributed by atoms with Crippen LogP contribution in [-0.2, 0) is 24.2 Å². The number of amides is 3. The van der Waals surface area contributed by atoms with Gasteiger partial charge in [0.05, 0.1) is 22.0 Å². The second kappa shape index (κ2) is 7.58. The van der Waals surface area contributed by atoms with Crippen LogP contribution in [0.4, 0.5) is 5.69 Å². The van der Waals surface area contributed by atoms with Gasteiger partial charge in [0, 0.05) is 12.1 Å². The Bertz CT molecular complexity index is 1030. The molecule has 0 radical (unpaired) electrons. The van der Waals surface area contributed by atoms with Crippen LogP contribution in [0.25, 0.3) is 0 Å². The zero-order chi connectivity index (χ0) is 21.3. The first-order valence-electron chi connectivity index (χ1n) is 8.38. The number of carbonyl (C=O) groups excluding carboxylic acids is 4. The molecule has 1 aromatic rings. The molecule has 1 N–H and O–H groups in total. The van der Waals surface area contributed by atoms with Gasteiger partial charge in [0.25, 0.3) is 23.4 Å². The summed E-state index contributed by atoms with van der Waals surface area (Å²) in [7, 11) is -3.19. The first-order chi connectivity index (χ1) is 13.6. The number of fused-ring (bicyclic) bond motifs is 1. The van der Waals surface area contributed by atoms with Crippen LogP contribution in [0.2, 0.25) is 0 Å². The fourth-order valence-electron chi connectivity index (χ4n) is 3.11. The monoisotopic (exact) mass is 425 g/mol. The molecular weight excluding hydrogens is 410 g/mol. The number of ether oxygens (including phenoxy) is 1. The number of nitrogens with one attached hydrogen (secondary N) is 1. The van der Waals surface area contributed by atoms with Gasteiger partial charge < -0.3 is 10.1 Å². The molecule has 0 aliphatic carbocycles. The summed E-state index contributed by atoms with van der Waals surface area (Å²) in [4.78, 5) is 59.1. The number of imide groups is 1. The molecule has 1 fully saturated rings. The molecular formula is C16H15N3O9S. The minimum absolute atomic E-state index is 0.0381. The molecule has 2 heterocycles. The van der Waals surface area contributed by atoms with Crippen LogP contribution in [-0.4, -0.2) is 72.6 Å². The lowest BCUT2D eigenvalue weighted by molar-refractivity contribution is -0.385. The number of hydrogen-bond acceptors (Lipinski definition) is 9. The molecule has 29 heavy (non-hydrogen) atoms. The van der Waals surface area contributed by atoms with Gasteiger partial charge in [0.2, 0.25) is 0 Å². The zero-order valence-corrected chi connectivity index (χ0v) is 15.6. The SMILES string of the molecule is O=C(COC(=O)CN1C(=O)c2cccc([N+](=O)[O-])c2C1=O)N[C@H]1CCS(=O)(=O)C1. The Morgan fingerprint density at radius 2 is 2.00 bits per heavy atom. The first kappa shape index (κ1) is 20.4. The van der Waals surface area contributed by atoms with Crippen LogP contribution in [0, 0.1) is 10.1 Å². The van der Waals surface area contributed by atoms with Crippen molar-refractivity contribution < 1.29 is 37.3 Å². The molecule has 0 spiro atoms. The predicted octanol–water partition coefficient (Wildman–Crippen LogP) is -0.963. The number of benzene rings is 1. The number of hydrogen-bond donors (Lipinski definition) is 1. The van der Waals surface area contributed by atoms with Gasteiger partial charge in [-0.25, -0.2) is 8.42 Å². The molecule has 0 unspecified atom stereocenters. The maximum atomic E-state index is 12.4. The lowest BCUT2D eigenvalue weighted by Gasteiger charge is -2.14. The molecule has 13 heteroatoms. The third kappa shape index (κ3) is 4.23. The summed E-state index contributed by atoms with van der Waals surface area (Å²) in [6.45, 7) is -1.55. The predicted molar refractivity (Wildman–Crippen MR) is 94.6 cm³/mol. The van der Waals surface area contributed by atoms with Crippen LogP contribution in [0.1, 0.15) is 27.1 Å². The lowest BCUT2D eigenvalue weighted by atomic mass is 10.1. The topological polar surface area (TPSA) is 170 Å². The number of nitro groups is 1. The maximum absolute atomic E-state index is 12.4. The fourth-order valence-corrected chi connectivity index (χ4v) is 4.78. The Hall–Kier alpha value is -3.35. The summed E-state index contributed by atoms with van der Waals surface area (Å²) in [6.07, 6.45) is 0.260. The summed E-state index contributed by atoms with van der Waals surface area (Å²) in [5, 5.41) is 13.5. The number of esters is 1. The Morgan fingerprint density at radius 1 is 1.28 bits per heavy atom. The van der Waals surface area contributed by atoms with E-state index in [1.54, 1.807) is 0 Å².